The molecule has 0 aliphatic carbocycles. The van der Waals surface area contributed by atoms with E-state index in [4.69, 9.17) is 0 Å². The SMILES string of the molecule is O=S1(=O)CCC(C(CBr)Cc2cc(F)ccc2Br)C1. The number of hydrogen-bond donors (Lipinski definition) is 0. The van der Waals surface area contributed by atoms with Crippen LogP contribution >= 0.6 is 31.9 Å². The molecule has 1 aliphatic heterocycles. The summed E-state index contributed by atoms with van der Waals surface area (Å²) in [6.07, 6.45) is 1.40. The fraction of sp³-hybridized carbons (Fsp3) is 0.538. The molecule has 6 heteroatoms. The van der Waals surface area contributed by atoms with Gasteiger partial charge in [-0.2, -0.15) is 0 Å². The molecule has 2 rings (SSSR count). The number of sulfone groups is 1. The van der Waals surface area contributed by atoms with Crippen LogP contribution in [0.5, 0.6) is 0 Å². The molecule has 0 radical (unpaired) electrons. The summed E-state index contributed by atoms with van der Waals surface area (Å²) in [7, 11) is -2.87. The van der Waals surface area contributed by atoms with Crippen LogP contribution in [-0.4, -0.2) is 25.3 Å². The summed E-state index contributed by atoms with van der Waals surface area (Å²) in [6, 6.07) is 4.63. The molecule has 1 aliphatic rings. The molecular formula is C13H15Br2FO2S. The van der Waals surface area contributed by atoms with Crippen molar-refractivity contribution in [2.75, 3.05) is 16.8 Å². The summed E-state index contributed by atoms with van der Waals surface area (Å²) in [4.78, 5) is 0. The van der Waals surface area contributed by atoms with Crippen molar-refractivity contribution in [1.29, 1.82) is 0 Å². The van der Waals surface area contributed by atoms with Crippen molar-refractivity contribution >= 4 is 41.7 Å². The van der Waals surface area contributed by atoms with Gasteiger partial charge in [-0.25, -0.2) is 12.8 Å². The van der Waals surface area contributed by atoms with Gasteiger partial charge in [-0.05, 0) is 48.4 Å². The molecule has 0 bridgehead atoms. The lowest BCUT2D eigenvalue weighted by Gasteiger charge is -2.21. The maximum absolute atomic E-state index is 13.3. The van der Waals surface area contributed by atoms with Crippen LogP contribution in [0.3, 0.4) is 0 Å². The summed E-state index contributed by atoms with van der Waals surface area (Å²) >= 11 is 6.88. The molecule has 0 aromatic heterocycles. The van der Waals surface area contributed by atoms with Crippen molar-refractivity contribution in [3.8, 4) is 0 Å². The molecule has 0 amide bonds. The molecule has 0 spiro atoms. The smallest absolute Gasteiger partial charge is 0.150 e. The highest BCUT2D eigenvalue weighted by atomic mass is 79.9. The van der Waals surface area contributed by atoms with Gasteiger partial charge >= 0.3 is 0 Å². The number of hydrogen-bond acceptors (Lipinski definition) is 2. The van der Waals surface area contributed by atoms with E-state index in [9.17, 15) is 12.8 Å². The quantitative estimate of drug-likeness (QED) is 0.707. The Bertz CT molecular complexity index is 560. The predicted octanol–water partition coefficient (Wildman–Crippen LogP) is 3.58. The van der Waals surface area contributed by atoms with Gasteiger partial charge in [0.2, 0.25) is 0 Å². The monoisotopic (exact) mass is 412 g/mol. The van der Waals surface area contributed by atoms with E-state index >= 15 is 0 Å². The highest BCUT2D eigenvalue weighted by Crippen LogP contribution is 2.31. The zero-order valence-electron chi connectivity index (χ0n) is 10.3. The van der Waals surface area contributed by atoms with E-state index in [2.05, 4.69) is 31.9 Å². The second-order valence-electron chi connectivity index (χ2n) is 5.02. The molecule has 1 heterocycles. The third-order valence-electron chi connectivity index (χ3n) is 3.62. The minimum absolute atomic E-state index is 0.166. The van der Waals surface area contributed by atoms with Crippen LogP contribution in [0.25, 0.3) is 0 Å². The summed E-state index contributed by atoms with van der Waals surface area (Å²) in [5.41, 5.74) is 0.897. The van der Waals surface area contributed by atoms with Crippen LogP contribution in [0.1, 0.15) is 12.0 Å². The second kappa shape index (κ2) is 6.22. The predicted molar refractivity (Wildman–Crippen MR) is 81.8 cm³/mol. The first-order valence-electron chi connectivity index (χ1n) is 6.11. The summed E-state index contributed by atoms with van der Waals surface area (Å²) < 4.78 is 37.2. The van der Waals surface area contributed by atoms with Gasteiger partial charge < -0.3 is 0 Å². The Morgan fingerprint density at radius 2 is 2.16 bits per heavy atom. The van der Waals surface area contributed by atoms with Crippen molar-refractivity contribution in [3.63, 3.8) is 0 Å². The molecule has 2 atom stereocenters. The molecule has 106 valence electrons. The highest BCUT2D eigenvalue weighted by Gasteiger charge is 2.33. The van der Waals surface area contributed by atoms with Crippen molar-refractivity contribution in [2.45, 2.75) is 12.8 Å². The van der Waals surface area contributed by atoms with Crippen LogP contribution in [0.15, 0.2) is 22.7 Å². The van der Waals surface area contributed by atoms with Gasteiger partial charge in [0.15, 0.2) is 9.84 Å². The van der Waals surface area contributed by atoms with Gasteiger partial charge in [-0.1, -0.05) is 31.9 Å². The van der Waals surface area contributed by atoms with E-state index in [1.165, 1.54) is 12.1 Å². The maximum Gasteiger partial charge on any atom is 0.150 e. The molecule has 1 saturated heterocycles. The summed E-state index contributed by atoms with van der Waals surface area (Å²) in [5, 5.41) is 0.732. The van der Waals surface area contributed by atoms with Gasteiger partial charge in [0.05, 0.1) is 11.5 Å². The fourth-order valence-electron chi connectivity index (χ4n) is 2.52. The molecule has 0 N–H and O–H groups in total. The Labute approximate surface area is 130 Å². The van der Waals surface area contributed by atoms with E-state index in [1.807, 2.05) is 0 Å². The molecule has 19 heavy (non-hydrogen) atoms. The summed E-state index contributed by atoms with van der Waals surface area (Å²) in [5.74, 6) is 0.669. The Hall–Kier alpha value is 0.0600. The maximum atomic E-state index is 13.3. The lowest BCUT2D eigenvalue weighted by molar-refractivity contribution is 0.401. The Morgan fingerprint density at radius 1 is 1.42 bits per heavy atom. The van der Waals surface area contributed by atoms with Gasteiger partial charge in [0, 0.05) is 9.80 Å². The minimum atomic E-state index is -2.87. The number of benzene rings is 1. The molecule has 0 saturated carbocycles. The first-order valence-corrected chi connectivity index (χ1v) is 9.85. The van der Waals surface area contributed by atoms with Crippen molar-refractivity contribution < 1.29 is 12.8 Å². The average Bonchev–Trinajstić information content (AvgIpc) is 2.70. The van der Waals surface area contributed by atoms with E-state index in [-0.39, 0.29) is 29.2 Å². The highest BCUT2D eigenvalue weighted by molar-refractivity contribution is 9.10. The van der Waals surface area contributed by atoms with E-state index in [1.54, 1.807) is 6.07 Å². The van der Waals surface area contributed by atoms with Gasteiger partial charge in [-0.15, -0.1) is 0 Å². The molecule has 2 unspecified atom stereocenters. The van der Waals surface area contributed by atoms with Gasteiger partial charge in [0.1, 0.15) is 5.82 Å². The first-order chi connectivity index (χ1) is 8.91. The van der Waals surface area contributed by atoms with Crippen molar-refractivity contribution in [2.24, 2.45) is 11.8 Å². The van der Waals surface area contributed by atoms with Crippen LogP contribution in [0, 0.1) is 17.7 Å². The minimum Gasteiger partial charge on any atom is -0.229 e. The Balaban J connectivity index is 2.13. The third kappa shape index (κ3) is 4.02. The standard InChI is InChI=1S/C13H15Br2FO2S/c14-7-11(9-3-4-19(17,18)8-9)5-10-6-12(16)1-2-13(10)15/h1-2,6,9,11H,3-5,7-8H2. The number of halogens is 3. The topological polar surface area (TPSA) is 34.1 Å². The molecular weight excluding hydrogens is 399 g/mol. The normalized spacial score (nSPS) is 23.4. The van der Waals surface area contributed by atoms with Crippen molar-refractivity contribution in [1.82, 2.24) is 0 Å². The zero-order valence-corrected chi connectivity index (χ0v) is 14.3. The first kappa shape index (κ1) is 15.4. The molecule has 1 fully saturated rings. The van der Waals surface area contributed by atoms with Gasteiger partial charge in [0.25, 0.3) is 0 Å². The van der Waals surface area contributed by atoms with Crippen molar-refractivity contribution in [3.05, 3.63) is 34.1 Å². The van der Waals surface area contributed by atoms with E-state index < -0.39 is 9.84 Å². The lowest BCUT2D eigenvalue weighted by Crippen LogP contribution is -2.20. The van der Waals surface area contributed by atoms with E-state index in [0.717, 1.165) is 15.4 Å². The molecule has 2 nitrogen and oxygen atoms in total. The van der Waals surface area contributed by atoms with Crippen LogP contribution in [-0.2, 0) is 16.3 Å². The summed E-state index contributed by atoms with van der Waals surface area (Å²) in [6.45, 7) is 0. The molecule has 1 aromatic rings. The zero-order chi connectivity index (χ0) is 14.0. The fourth-order valence-corrected chi connectivity index (χ4v) is 5.61. The second-order valence-corrected chi connectivity index (χ2v) is 8.75. The number of alkyl halides is 1. The Kier molecular flexibility index (Phi) is 5.06. The molecule has 1 aromatic carbocycles. The third-order valence-corrected chi connectivity index (χ3v) is 7.02. The van der Waals surface area contributed by atoms with Gasteiger partial charge in [-0.3, -0.25) is 0 Å². The Morgan fingerprint density at radius 3 is 2.74 bits per heavy atom. The van der Waals surface area contributed by atoms with Crippen LogP contribution in [0.4, 0.5) is 4.39 Å². The largest absolute Gasteiger partial charge is 0.229 e. The van der Waals surface area contributed by atoms with E-state index in [0.29, 0.717) is 12.8 Å². The lowest BCUT2D eigenvalue weighted by atomic mass is 9.88. The van der Waals surface area contributed by atoms with Crippen LogP contribution in [0.2, 0.25) is 0 Å². The van der Waals surface area contributed by atoms with Crippen LogP contribution < -0.4 is 0 Å². The average molecular weight is 414 g/mol. The number of rotatable bonds is 4.